The Morgan fingerprint density at radius 2 is 1.95 bits per heavy atom. The van der Waals surface area contributed by atoms with E-state index in [4.69, 9.17) is 0 Å². The van der Waals surface area contributed by atoms with Crippen LogP contribution >= 0.6 is 0 Å². The molecule has 0 saturated heterocycles. The first kappa shape index (κ1) is 16.5. The molecule has 2 unspecified atom stereocenters. The molecule has 0 radical (unpaired) electrons. The van der Waals surface area contributed by atoms with Crippen molar-refractivity contribution < 1.29 is 14.7 Å². The van der Waals surface area contributed by atoms with Gasteiger partial charge in [-0.3, -0.25) is 9.59 Å². The smallest absolute Gasteiger partial charge is 0.222 e. The summed E-state index contributed by atoms with van der Waals surface area (Å²) in [6.07, 6.45) is 2.22. The maximum atomic E-state index is 12.3. The Kier molecular flexibility index (Phi) is 5.19. The van der Waals surface area contributed by atoms with E-state index >= 15 is 0 Å². The monoisotopic (exact) mass is 304 g/mol. The van der Waals surface area contributed by atoms with Gasteiger partial charge in [0, 0.05) is 6.92 Å². The summed E-state index contributed by atoms with van der Waals surface area (Å²) < 4.78 is 0. The maximum Gasteiger partial charge on any atom is 0.222 e. The van der Waals surface area contributed by atoms with Crippen LogP contribution in [0.3, 0.4) is 0 Å². The Morgan fingerprint density at radius 1 is 1.32 bits per heavy atom. The van der Waals surface area contributed by atoms with Gasteiger partial charge in [0.1, 0.15) is 0 Å². The molecule has 2 atom stereocenters. The molecular formula is C17H24N2O3. The number of carbonyl (C=O) groups excluding carboxylic acids is 2. The largest absolute Gasteiger partial charge is 0.394 e. The van der Waals surface area contributed by atoms with Crippen molar-refractivity contribution in [1.82, 2.24) is 10.6 Å². The average Bonchev–Trinajstić information content (AvgIpc) is 3.32. The fourth-order valence-corrected chi connectivity index (χ4v) is 2.73. The molecular weight excluding hydrogens is 280 g/mol. The third-order valence-electron chi connectivity index (χ3n) is 4.20. The van der Waals surface area contributed by atoms with Crippen LogP contribution in [0.1, 0.15) is 44.7 Å². The van der Waals surface area contributed by atoms with E-state index in [-0.39, 0.29) is 30.9 Å². The van der Waals surface area contributed by atoms with Gasteiger partial charge in [-0.2, -0.15) is 0 Å². The number of aliphatic hydroxyl groups is 1. The highest BCUT2D eigenvalue weighted by molar-refractivity contribution is 5.79. The van der Waals surface area contributed by atoms with E-state index in [1.165, 1.54) is 6.92 Å². The molecule has 0 aliphatic heterocycles. The van der Waals surface area contributed by atoms with Crippen molar-refractivity contribution in [2.75, 3.05) is 6.61 Å². The molecule has 1 aliphatic rings. The quantitative estimate of drug-likeness (QED) is 0.715. The predicted molar refractivity (Wildman–Crippen MR) is 84.0 cm³/mol. The van der Waals surface area contributed by atoms with Gasteiger partial charge < -0.3 is 15.7 Å². The zero-order chi connectivity index (χ0) is 16.2. The molecule has 0 aromatic heterocycles. The van der Waals surface area contributed by atoms with Gasteiger partial charge in [-0.15, -0.1) is 0 Å². The first-order chi connectivity index (χ1) is 10.4. The van der Waals surface area contributed by atoms with Gasteiger partial charge in [0.15, 0.2) is 0 Å². The van der Waals surface area contributed by atoms with Crippen molar-refractivity contribution in [1.29, 1.82) is 0 Å². The van der Waals surface area contributed by atoms with E-state index in [0.717, 1.165) is 18.4 Å². The molecule has 5 nitrogen and oxygen atoms in total. The van der Waals surface area contributed by atoms with Crippen LogP contribution in [0.2, 0.25) is 0 Å². The molecule has 0 heterocycles. The molecule has 1 aliphatic carbocycles. The highest BCUT2D eigenvalue weighted by atomic mass is 16.3. The molecule has 22 heavy (non-hydrogen) atoms. The minimum Gasteiger partial charge on any atom is -0.394 e. The predicted octanol–water partition coefficient (Wildman–Crippen LogP) is 1.53. The number of rotatable bonds is 7. The van der Waals surface area contributed by atoms with Gasteiger partial charge in [-0.1, -0.05) is 30.3 Å². The first-order valence-electron chi connectivity index (χ1n) is 7.68. The van der Waals surface area contributed by atoms with Crippen molar-refractivity contribution in [2.45, 2.75) is 44.7 Å². The molecule has 1 saturated carbocycles. The summed E-state index contributed by atoms with van der Waals surface area (Å²) in [5.41, 5.74) is 0.333. The topological polar surface area (TPSA) is 78.4 Å². The van der Waals surface area contributed by atoms with Crippen LogP contribution in [0.4, 0.5) is 0 Å². The molecule has 0 spiro atoms. The van der Waals surface area contributed by atoms with Gasteiger partial charge in [0.25, 0.3) is 0 Å². The number of hydrogen-bond donors (Lipinski definition) is 3. The lowest BCUT2D eigenvalue weighted by atomic mass is 9.95. The lowest BCUT2D eigenvalue weighted by Crippen LogP contribution is -2.51. The minimum atomic E-state index is -0.561. The van der Waals surface area contributed by atoms with Gasteiger partial charge >= 0.3 is 0 Å². The molecule has 1 fully saturated rings. The van der Waals surface area contributed by atoms with E-state index in [1.54, 1.807) is 0 Å². The van der Waals surface area contributed by atoms with Crippen LogP contribution in [-0.4, -0.2) is 29.1 Å². The van der Waals surface area contributed by atoms with E-state index in [1.807, 2.05) is 37.3 Å². The third-order valence-corrected chi connectivity index (χ3v) is 4.20. The van der Waals surface area contributed by atoms with Crippen LogP contribution in [0.25, 0.3) is 0 Å². The minimum absolute atomic E-state index is 0.0699. The third kappa shape index (κ3) is 4.31. The number of benzene rings is 1. The average molecular weight is 304 g/mol. The molecule has 5 heteroatoms. The van der Waals surface area contributed by atoms with E-state index < -0.39 is 5.54 Å². The molecule has 0 bridgehead atoms. The maximum absolute atomic E-state index is 12.3. The lowest BCUT2D eigenvalue weighted by molar-refractivity contribution is -0.125. The van der Waals surface area contributed by atoms with Crippen molar-refractivity contribution in [2.24, 2.45) is 5.92 Å². The SMILES string of the molecule is CC(=O)NC(CC(=O)NC(C)(CO)C1CC1)c1ccccc1. The molecule has 120 valence electrons. The van der Waals surface area contributed by atoms with E-state index in [0.29, 0.717) is 5.92 Å². The van der Waals surface area contributed by atoms with Crippen LogP contribution in [0.15, 0.2) is 30.3 Å². The zero-order valence-corrected chi connectivity index (χ0v) is 13.1. The molecule has 2 amide bonds. The standard InChI is InChI=1S/C17H24N2O3/c1-12(21)18-15(13-6-4-3-5-7-13)10-16(22)19-17(2,11-20)14-8-9-14/h3-7,14-15,20H,8-11H2,1-2H3,(H,18,21)(H,19,22). The van der Waals surface area contributed by atoms with Crippen molar-refractivity contribution in [3.8, 4) is 0 Å². The number of amides is 2. The highest BCUT2D eigenvalue weighted by Gasteiger charge is 2.42. The molecule has 3 N–H and O–H groups in total. The summed E-state index contributed by atoms with van der Waals surface area (Å²) in [5.74, 6) is 0.0113. The van der Waals surface area contributed by atoms with Crippen LogP contribution in [0, 0.1) is 5.92 Å². The van der Waals surface area contributed by atoms with Gasteiger partial charge in [-0.05, 0) is 31.2 Å². The van der Waals surface area contributed by atoms with Crippen molar-refractivity contribution in [3.05, 3.63) is 35.9 Å². The molecule has 1 aromatic rings. The Balaban J connectivity index is 2.03. The fourth-order valence-electron chi connectivity index (χ4n) is 2.73. The van der Waals surface area contributed by atoms with Crippen LogP contribution < -0.4 is 10.6 Å². The second-order valence-electron chi connectivity index (χ2n) is 6.27. The number of nitrogens with one attached hydrogen (secondary N) is 2. The van der Waals surface area contributed by atoms with E-state index in [2.05, 4.69) is 10.6 Å². The van der Waals surface area contributed by atoms with Crippen molar-refractivity contribution >= 4 is 11.8 Å². The summed E-state index contributed by atoms with van der Waals surface area (Å²) in [5, 5.41) is 15.3. The van der Waals surface area contributed by atoms with Gasteiger partial charge in [0.05, 0.1) is 24.6 Å². The molecule has 2 rings (SSSR count). The Bertz CT molecular complexity index is 528. The zero-order valence-electron chi connectivity index (χ0n) is 13.1. The number of aliphatic hydroxyl groups excluding tert-OH is 1. The highest BCUT2D eigenvalue weighted by Crippen LogP contribution is 2.39. The Hall–Kier alpha value is -1.88. The second-order valence-corrected chi connectivity index (χ2v) is 6.27. The molecule has 1 aromatic carbocycles. The van der Waals surface area contributed by atoms with Crippen LogP contribution in [0.5, 0.6) is 0 Å². The summed E-state index contributed by atoms with van der Waals surface area (Å²) in [7, 11) is 0. The first-order valence-corrected chi connectivity index (χ1v) is 7.68. The van der Waals surface area contributed by atoms with Gasteiger partial charge in [0.2, 0.25) is 11.8 Å². The van der Waals surface area contributed by atoms with E-state index in [9.17, 15) is 14.7 Å². The Morgan fingerprint density at radius 3 is 2.45 bits per heavy atom. The fraction of sp³-hybridized carbons (Fsp3) is 0.529. The summed E-state index contributed by atoms with van der Waals surface area (Å²) in [6.45, 7) is 3.24. The lowest BCUT2D eigenvalue weighted by Gasteiger charge is -2.30. The number of carbonyl (C=O) groups is 2. The summed E-state index contributed by atoms with van der Waals surface area (Å²) >= 11 is 0. The number of hydrogen-bond acceptors (Lipinski definition) is 3. The van der Waals surface area contributed by atoms with Crippen LogP contribution in [-0.2, 0) is 9.59 Å². The Labute approximate surface area is 131 Å². The second kappa shape index (κ2) is 6.92. The van der Waals surface area contributed by atoms with Crippen molar-refractivity contribution in [3.63, 3.8) is 0 Å². The summed E-state index contributed by atoms with van der Waals surface area (Å²) in [4.78, 5) is 23.7. The summed E-state index contributed by atoms with van der Waals surface area (Å²) in [6, 6.07) is 9.07. The van der Waals surface area contributed by atoms with Gasteiger partial charge in [-0.25, -0.2) is 0 Å². The normalized spacial score (nSPS) is 18.1.